The van der Waals surface area contributed by atoms with Crippen molar-refractivity contribution in [2.24, 2.45) is 5.10 Å². The van der Waals surface area contributed by atoms with E-state index in [1.165, 1.54) is 0 Å². The summed E-state index contributed by atoms with van der Waals surface area (Å²) in [7, 11) is 0. The average molecular weight is 587 g/mol. The number of benzene rings is 3. The largest absolute Gasteiger partial charge is 0.278 e. The van der Waals surface area contributed by atoms with E-state index < -0.39 is 0 Å². The minimum atomic E-state index is 0.439. The number of nitrogens with one attached hydrogen (secondary N) is 1. The standard InChI is InChI=1S/C27H17BrClN7S/c28-17-8-12-19(13-9-17)33-34-24-25-31-21-5-1-2-6-22(21)32-26(24)36(23-7-3-4-16-30-23)27(37)35(25)20-14-10-18(29)11-15-20/h1-16,33H/b34-24-. The van der Waals surface area contributed by atoms with Crippen molar-refractivity contribution in [3.8, 4) is 11.5 Å². The number of hydrogen-bond acceptors (Lipinski definition) is 6. The van der Waals surface area contributed by atoms with Crippen molar-refractivity contribution in [1.82, 2.24) is 24.1 Å². The highest BCUT2D eigenvalue weighted by molar-refractivity contribution is 9.10. The van der Waals surface area contributed by atoms with Crippen molar-refractivity contribution in [2.75, 3.05) is 5.43 Å². The summed E-state index contributed by atoms with van der Waals surface area (Å²) >= 11 is 15.7. The van der Waals surface area contributed by atoms with Crippen molar-refractivity contribution < 1.29 is 0 Å². The van der Waals surface area contributed by atoms with Gasteiger partial charge in [0.2, 0.25) is 0 Å². The fourth-order valence-corrected chi connectivity index (χ4v) is 4.70. The summed E-state index contributed by atoms with van der Waals surface area (Å²) in [5.41, 5.74) is 7.20. The van der Waals surface area contributed by atoms with Crippen LogP contribution in [0.25, 0.3) is 33.8 Å². The summed E-state index contributed by atoms with van der Waals surface area (Å²) in [5.74, 6) is 0.611. The van der Waals surface area contributed by atoms with Crippen molar-refractivity contribution >= 4 is 67.8 Å². The lowest BCUT2D eigenvalue weighted by atomic mass is 10.3. The Morgan fingerprint density at radius 2 is 1.43 bits per heavy atom. The molecular weight excluding hydrogens is 570 g/mol. The summed E-state index contributed by atoms with van der Waals surface area (Å²) in [6.45, 7) is 0. The molecule has 3 heterocycles. The van der Waals surface area contributed by atoms with Crippen LogP contribution in [-0.2, 0) is 0 Å². The van der Waals surface area contributed by atoms with Gasteiger partial charge in [-0.25, -0.2) is 15.0 Å². The Balaban J connectivity index is 1.80. The molecule has 3 aromatic heterocycles. The van der Waals surface area contributed by atoms with Gasteiger partial charge >= 0.3 is 0 Å². The number of aromatic nitrogens is 5. The Hall–Kier alpha value is -3.92. The summed E-state index contributed by atoms with van der Waals surface area (Å²) in [4.78, 5) is 14.6. The molecule has 3 aromatic carbocycles. The normalized spacial score (nSPS) is 11.8. The minimum Gasteiger partial charge on any atom is -0.278 e. The fourth-order valence-electron chi connectivity index (χ4n) is 3.94. The van der Waals surface area contributed by atoms with Gasteiger partial charge in [0.05, 0.1) is 22.4 Å². The Morgan fingerprint density at radius 3 is 2.08 bits per heavy atom. The molecule has 7 nitrogen and oxygen atoms in total. The zero-order valence-corrected chi connectivity index (χ0v) is 22.2. The monoisotopic (exact) mass is 585 g/mol. The lowest BCUT2D eigenvalue weighted by Gasteiger charge is -2.15. The van der Waals surface area contributed by atoms with Crippen LogP contribution in [0.3, 0.4) is 0 Å². The van der Waals surface area contributed by atoms with Gasteiger partial charge in [-0.15, -0.1) is 0 Å². The highest BCUT2D eigenvalue weighted by atomic mass is 79.9. The van der Waals surface area contributed by atoms with Crippen LogP contribution in [0, 0.1) is 4.77 Å². The SMILES string of the molecule is S=c1n(-c2ccc(Cl)cc2)c2nc3ccccc3nc(/c2=N\Nc2ccc(Br)cc2)n1-c1ccccn1. The van der Waals surface area contributed by atoms with E-state index in [-0.39, 0.29) is 0 Å². The molecule has 6 aromatic rings. The maximum absolute atomic E-state index is 6.21. The highest BCUT2D eigenvalue weighted by Crippen LogP contribution is 2.21. The van der Waals surface area contributed by atoms with Gasteiger partial charge in [0.25, 0.3) is 0 Å². The first-order valence-electron chi connectivity index (χ1n) is 11.3. The predicted molar refractivity (Wildman–Crippen MR) is 153 cm³/mol. The van der Waals surface area contributed by atoms with E-state index in [9.17, 15) is 0 Å². The summed E-state index contributed by atoms with van der Waals surface area (Å²) < 4.78 is 5.09. The summed E-state index contributed by atoms with van der Waals surface area (Å²) in [5, 5.41) is 5.93. The van der Waals surface area contributed by atoms with Crippen molar-refractivity contribution in [2.45, 2.75) is 0 Å². The van der Waals surface area contributed by atoms with E-state index in [2.05, 4.69) is 26.3 Å². The molecule has 10 heteroatoms. The molecule has 0 atom stereocenters. The molecule has 0 unspecified atom stereocenters. The molecule has 180 valence electrons. The first-order valence-corrected chi connectivity index (χ1v) is 12.8. The van der Waals surface area contributed by atoms with Gasteiger partial charge in [-0.1, -0.05) is 45.7 Å². The first kappa shape index (κ1) is 23.5. The molecule has 0 aliphatic heterocycles. The van der Waals surface area contributed by atoms with Crippen molar-refractivity contribution in [3.05, 3.63) is 117 Å². The van der Waals surface area contributed by atoms with Crippen LogP contribution < -0.4 is 10.8 Å². The molecule has 1 N–H and O–H groups in total. The van der Waals surface area contributed by atoms with E-state index in [0.29, 0.717) is 43.3 Å². The van der Waals surface area contributed by atoms with E-state index in [1.807, 2.05) is 100 Å². The average Bonchev–Trinajstić information content (AvgIpc) is 3.04. The number of pyridine rings is 1. The molecule has 0 saturated heterocycles. The van der Waals surface area contributed by atoms with Gasteiger partial charge in [0, 0.05) is 15.7 Å². The maximum Gasteiger partial charge on any atom is 0.193 e. The maximum atomic E-state index is 6.21. The molecule has 0 fully saturated rings. The van der Waals surface area contributed by atoms with Crippen LogP contribution in [0.4, 0.5) is 5.69 Å². The minimum absolute atomic E-state index is 0.439. The Kier molecular flexibility index (Phi) is 6.25. The van der Waals surface area contributed by atoms with E-state index in [4.69, 9.17) is 38.9 Å². The van der Waals surface area contributed by atoms with E-state index >= 15 is 0 Å². The smallest absolute Gasteiger partial charge is 0.193 e. The second kappa shape index (κ2) is 9.85. The number of nitrogens with zero attached hydrogens (tertiary/aromatic N) is 6. The molecule has 0 aliphatic carbocycles. The molecular formula is C27H17BrClN7S. The van der Waals surface area contributed by atoms with Crippen LogP contribution >= 0.6 is 39.7 Å². The number of halogens is 2. The number of rotatable bonds is 4. The van der Waals surface area contributed by atoms with Gasteiger partial charge < -0.3 is 0 Å². The quantitative estimate of drug-likeness (QED) is 0.181. The van der Waals surface area contributed by atoms with E-state index in [1.54, 1.807) is 6.20 Å². The topological polar surface area (TPSA) is 72.9 Å². The second-order valence-electron chi connectivity index (χ2n) is 8.06. The zero-order chi connectivity index (χ0) is 25.4. The Morgan fingerprint density at radius 1 is 0.784 bits per heavy atom. The fraction of sp³-hybridized carbons (Fsp3) is 0. The third-order valence-corrected chi connectivity index (χ3v) is 6.81. The molecule has 0 radical (unpaired) electrons. The van der Waals surface area contributed by atoms with Gasteiger partial charge in [-0.05, 0) is 85.0 Å². The zero-order valence-electron chi connectivity index (χ0n) is 19.1. The molecule has 2 bridgehead atoms. The number of hydrogen-bond donors (Lipinski definition) is 1. The first-order chi connectivity index (χ1) is 18.1. The van der Waals surface area contributed by atoms with Gasteiger partial charge in [0.15, 0.2) is 21.4 Å². The van der Waals surface area contributed by atoms with Gasteiger partial charge in [-0.2, -0.15) is 5.10 Å². The molecule has 6 rings (SSSR count). The van der Waals surface area contributed by atoms with E-state index in [0.717, 1.165) is 15.8 Å². The molecule has 0 saturated carbocycles. The van der Waals surface area contributed by atoms with Gasteiger partial charge in [0.1, 0.15) is 5.82 Å². The van der Waals surface area contributed by atoms with Gasteiger partial charge in [-0.3, -0.25) is 14.6 Å². The van der Waals surface area contributed by atoms with Crippen LogP contribution in [0.1, 0.15) is 0 Å². The summed E-state index contributed by atoms with van der Waals surface area (Å²) in [6, 6.07) is 28.5. The number of fused-ring (bicyclic) bond motifs is 3. The van der Waals surface area contributed by atoms with Crippen molar-refractivity contribution in [3.63, 3.8) is 0 Å². The van der Waals surface area contributed by atoms with Crippen LogP contribution in [0.2, 0.25) is 5.02 Å². The number of anilines is 1. The lowest BCUT2D eigenvalue weighted by molar-refractivity contribution is 0.865. The summed E-state index contributed by atoms with van der Waals surface area (Å²) in [6.07, 6.45) is 1.72. The Labute approximate surface area is 229 Å². The molecule has 0 aliphatic rings. The van der Waals surface area contributed by atoms with Crippen molar-refractivity contribution in [1.29, 1.82) is 0 Å². The third kappa shape index (κ3) is 4.53. The predicted octanol–water partition coefficient (Wildman–Crippen LogP) is 6.83. The highest BCUT2D eigenvalue weighted by Gasteiger charge is 2.17. The third-order valence-electron chi connectivity index (χ3n) is 5.67. The molecule has 0 spiro atoms. The molecule has 37 heavy (non-hydrogen) atoms. The molecule has 0 amide bonds. The second-order valence-corrected chi connectivity index (χ2v) is 9.77. The van der Waals surface area contributed by atoms with Crippen LogP contribution in [0.15, 0.2) is 107 Å². The Bertz CT molecular complexity index is 1880. The van der Waals surface area contributed by atoms with Crippen LogP contribution in [0.5, 0.6) is 0 Å². The number of para-hydroxylation sites is 2. The van der Waals surface area contributed by atoms with Crippen LogP contribution in [-0.4, -0.2) is 24.1 Å². The lowest BCUT2D eigenvalue weighted by Crippen LogP contribution is -2.23.